The van der Waals surface area contributed by atoms with Gasteiger partial charge in [-0.25, -0.2) is 0 Å². The average molecular weight is 306 g/mol. The van der Waals surface area contributed by atoms with Gasteiger partial charge in [-0.15, -0.1) is 0 Å². The highest BCUT2D eigenvalue weighted by atomic mass is 32.1. The molecule has 1 aliphatic rings. The molecule has 0 heterocycles. The Kier molecular flexibility index (Phi) is 5.70. The molecule has 0 spiro atoms. The highest BCUT2D eigenvalue weighted by Crippen LogP contribution is 2.32. The van der Waals surface area contributed by atoms with Gasteiger partial charge in [-0.2, -0.15) is 0 Å². The van der Waals surface area contributed by atoms with E-state index in [0.717, 1.165) is 25.0 Å². The molecule has 1 aromatic carbocycles. The maximum Gasteiger partial charge on any atom is 0.221 e. The molecular formula is C16H22N2O2S. The monoisotopic (exact) mass is 306 g/mol. The van der Waals surface area contributed by atoms with Crippen molar-refractivity contribution in [3.8, 4) is 0 Å². The third-order valence-electron chi connectivity index (χ3n) is 3.79. The normalized spacial score (nSPS) is 22.1. The van der Waals surface area contributed by atoms with Crippen LogP contribution in [0.2, 0.25) is 0 Å². The Bertz CT molecular complexity index is 486. The van der Waals surface area contributed by atoms with E-state index in [9.17, 15) is 4.79 Å². The number of nitrogens with one attached hydrogen (secondary N) is 1. The summed E-state index contributed by atoms with van der Waals surface area (Å²) in [6, 6.07) is 9.18. The molecule has 21 heavy (non-hydrogen) atoms. The SMILES string of the molecule is CCOC1CC(CC(=O)NC(C(N)=S)c2ccccc2)C1. The Morgan fingerprint density at radius 2 is 2.10 bits per heavy atom. The zero-order valence-corrected chi connectivity index (χ0v) is 13.1. The molecule has 0 aromatic heterocycles. The zero-order valence-electron chi connectivity index (χ0n) is 12.2. The molecule has 0 radical (unpaired) electrons. The van der Waals surface area contributed by atoms with E-state index in [0.29, 0.717) is 18.4 Å². The largest absolute Gasteiger partial charge is 0.391 e. The highest BCUT2D eigenvalue weighted by molar-refractivity contribution is 7.80. The minimum absolute atomic E-state index is 0.00315. The second-order valence-electron chi connectivity index (χ2n) is 5.43. The Hall–Kier alpha value is -1.46. The van der Waals surface area contributed by atoms with Crippen LogP contribution in [0.15, 0.2) is 30.3 Å². The lowest BCUT2D eigenvalue weighted by Gasteiger charge is -2.34. The first-order valence-electron chi connectivity index (χ1n) is 7.35. The summed E-state index contributed by atoms with van der Waals surface area (Å²) in [5.74, 6) is 0.404. The molecule has 1 amide bonds. The fourth-order valence-corrected chi connectivity index (χ4v) is 2.85. The standard InChI is InChI=1S/C16H22N2O2S/c1-2-20-13-8-11(9-13)10-14(19)18-15(16(17)21)12-6-4-3-5-7-12/h3-7,11,13,15H,2,8-10H2,1H3,(H2,17,21)(H,18,19). The number of carbonyl (C=O) groups is 1. The van der Waals surface area contributed by atoms with Crippen LogP contribution in [-0.2, 0) is 9.53 Å². The number of nitrogens with two attached hydrogens (primary N) is 1. The fraction of sp³-hybridized carbons (Fsp3) is 0.500. The lowest BCUT2D eigenvalue weighted by Crippen LogP contribution is -2.40. The maximum atomic E-state index is 12.1. The number of rotatable bonds is 7. The zero-order chi connectivity index (χ0) is 15.2. The maximum absolute atomic E-state index is 12.1. The molecule has 1 saturated carbocycles. The van der Waals surface area contributed by atoms with E-state index in [4.69, 9.17) is 22.7 Å². The number of amides is 1. The van der Waals surface area contributed by atoms with Gasteiger partial charge in [0, 0.05) is 13.0 Å². The Labute approximate surface area is 131 Å². The first-order valence-corrected chi connectivity index (χ1v) is 7.76. The van der Waals surface area contributed by atoms with Crippen LogP contribution in [0.3, 0.4) is 0 Å². The van der Waals surface area contributed by atoms with E-state index in [2.05, 4.69) is 5.32 Å². The van der Waals surface area contributed by atoms with Gasteiger partial charge in [0.25, 0.3) is 0 Å². The van der Waals surface area contributed by atoms with Gasteiger partial charge in [0.2, 0.25) is 5.91 Å². The van der Waals surface area contributed by atoms with Crippen molar-refractivity contribution in [2.24, 2.45) is 11.7 Å². The third-order valence-corrected chi connectivity index (χ3v) is 4.03. The lowest BCUT2D eigenvalue weighted by atomic mass is 9.80. The molecule has 0 aliphatic heterocycles. The lowest BCUT2D eigenvalue weighted by molar-refractivity contribution is -0.124. The van der Waals surface area contributed by atoms with Gasteiger partial charge in [0.15, 0.2) is 0 Å². The van der Waals surface area contributed by atoms with E-state index in [1.54, 1.807) is 0 Å². The van der Waals surface area contributed by atoms with E-state index in [1.165, 1.54) is 0 Å². The number of hydrogen-bond donors (Lipinski definition) is 2. The summed E-state index contributed by atoms with van der Waals surface area (Å²) < 4.78 is 5.51. The van der Waals surface area contributed by atoms with Crippen LogP contribution in [0.1, 0.15) is 37.8 Å². The van der Waals surface area contributed by atoms with Gasteiger partial charge in [0.05, 0.1) is 6.10 Å². The number of ether oxygens (including phenoxy) is 1. The van der Waals surface area contributed by atoms with Crippen LogP contribution in [0.5, 0.6) is 0 Å². The van der Waals surface area contributed by atoms with Crippen molar-refractivity contribution in [1.29, 1.82) is 0 Å². The highest BCUT2D eigenvalue weighted by Gasteiger charge is 2.31. The summed E-state index contributed by atoms with van der Waals surface area (Å²) in [5.41, 5.74) is 6.67. The van der Waals surface area contributed by atoms with Crippen molar-refractivity contribution in [3.63, 3.8) is 0 Å². The van der Waals surface area contributed by atoms with E-state index in [-0.39, 0.29) is 10.9 Å². The average Bonchev–Trinajstić information content (AvgIpc) is 2.43. The second kappa shape index (κ2) is 7.52. The van der Waals surface area contributed by atoms with Crippen molar-refractivity contribution in [2.45, 2.75) is 38.3 Å². The minimum Gasteiger partial charge on any atom is -0.391 e. The molecular weight excluding hydrogens is 284 g/mol. The molecule has 0 saturated heterocycles. The van der Waals surface area contributed by atoms with Crippen LogP contribution in [0, 0.1) is 5.92 Å². The van der Waals surface area contributed by atoms with Gasteiger partial charge in [0.1, 0.15) is 11.0 Å². The molecule has 1 fully saturated rings. The van der Waals surface area contributed by atoms with Crippen LogP contribution in [-0.4, -0.2) is 23.6 Å². The first kappa shape index (κ1) is 15.9. The summed E-state index contributed by atoms with van der Waals surface area (Å²) in [4.78, 5) is 12.4. The summed E-state index contributed by atoms with van der Waals surface area (Å²) in [5, 5.41) is 2.93. The third kappa shape index (κ3) is 4.51. The smallest absolute Gasteiger partial charge is 0.221 e. The van der Waals surface area contributed by atoms with Crippen molar-refractivity contribution in [2.75, 3.05) is 6.61 Å². The molecule has 114 valence electrons. The first-order chi connectivity index (χ1) is 10.1. The molecule has 1 atom stereocenters. The van der Waals surface area contributed by atoms with E-state index >= 15 is 0 Å². The van der Waals surface area contributed by atoms with Crippen LogP contribution < -0.4 is 11.1 Å². The number of carbonyl (C=O) groups excluding carboxylic acids is 1. The molecule has 1 unspecified atom stereocenters. The van der Waals surface area contributed by atoms with Gasteiger partial charge in [-0.3, -0.25) is 4.79 Å². The van der Waals surface area contributed by atoms with E-state index < -0.39 is 6.04 Å². The molecule has 0 bridgehead atoms. The molecule has 5 heteroatoms. The number of thiocarbonyl (C=S) groups is 1. The van der Waals surface area contributed by atoms with Crippen LogP contribution in [0.25, 0.3) is 0 Å². The van der Waals surface area contributed by atoms with Gasteiger partial charge >= 0.3 is 0 Å². The van der Waals surface area contributed by atoms with Crippen LogP contribution in [0.4, 0.5) is 0 Å². The molecule has 1 aliphatic carbocycles. The van der Waals surface area contributed by atoms with Gasteiger partial charge in [-0.1, -0.05) is 42.5 Å². The number of benzene rings is 1. The quantitative estimate of drug-likeness (QED) is 0.759. The summed E-state index contributed by atoms with van der Waals surface area (Å²) >= 11 is 5.07. The van der Waals surface area contributed by atoms with Gasteiger partial charge < -0.3 is 15.8 Å². The second-order valence-corrected chi connectivity index (χ2v) is 5.90. The summed E-state index contributed by atoms with van der Waals surface area (Å²) in [7, 11) is 0. The molecule has 3 N–H and O–H groups in total. The predicted octanol–water partition coefficient (Wildman–Crippen LogP) is 2.34. The Morgan fingerprint density at radius 3 is 2.67 bits per heavy atom. The Balaban J connectivity index is 1.84. The molecule has 2 rings (SSSR count). The van der Waals surface area contributed by atoms with E-state index in [1.807, 2.05) is 37.3 Å². The van der Waals surface area contributed by atoms with Crippen molar-refractivity contribution >= 4 is 23.1 Å². The Morgan fingerprint density at radius 1 is 1.43 bits per heavy atom. The predicted molar refractivity (Wildman–Crippen MR) is 86.9 cm³/mol. The topological polar surface area (TPSA) is 64.3 Å². The molecule has 4 nitrogen and oxygen atoms in total. The van der Waals surface area contributed by atoms with Crippen LogP contribution >= 0.6 is 12.2 Å². The molecule has 1 aromatic rings. The summed E-state index contributed by atoms with van der Waals surface area (Å²) in [6.07, 6.45) is 2.76. The number of hydrogen-bond acceptors (Lipinski definition) is 3. The van der Waals surface area contributed by atoms with Crippen molar-refractivity contribution in [3.05, 3.63) is 35.9 Å². The van der Waals surface area contributed by atoms with Crippen molar-refractivity contribution in [1.82, 2.24) is 5.32 Å². The van der Waals surface area contributed by atoms with Crippen molar-refractivity contribution < 1.29 is 9.53 Å². The van der Waals surface area contributed by atoms with Gasteiger partial charge in [-0.05, 0) is 31.2 Å². The fourth-order valence-electron chi connectivity index (χ4n) is 2.66. The summed E-state index contributed by atoms with van der Waals surface area (Å²) in [6.45, 7) is 2.73. The minimum atomic E-state index is -0.392.